The quantitative estimate of drug-likeness (QED) is 0.206. The molecule has 2 aromatic heterocycles. The minimum atomic E-state index is -0.289. The molecule has 3 fully saturated rings. The summed E-state index contributed by atoms with van der Waals surface area (Å²) < 4.78 is 14.0. The second-order valence-corrected chi connectivity index (χ2v) is 14.3. The third-order valence-electron chi connectivity index (χ3n) is 10.8. The highest BCUT2D eigenvalue weighted by Gasteiger charge is 2.41. The van der Waals surface area contributed by atoms with Crippen LogP contribution in [0.15, 0.2) is 49.1 Å². The first-order valence-electron chi connectivity index (χ1n) is 18.5. The van der Waals surface area contributed by atoms with E-state index < -0.39 is 0 Å². The molecule has 0 bridgehead atoms. The van der Waals surface area contributed by atoms with E-state index in [1.807, 2.05) is 21.5 Å². The summed E-state index contributed by atoms with van der Waals surface area (Å²) in [6.45, 7) is 12.1. The van der Waals surface area contributed by atoms with Gasteiger partial charge >= 0.3 is 11.9 Å². The van der Waals surface area contributed by atoms with E-state index in [2.05, 4.69) is 48.9 Å². The molecule has 266 valence electrons. The number of hydrogen-bond acceptors (Lipinski definition) is 9. The summed E-state index contributed by atoms with van der Waals surface area (Å²) in [6, 6.07) is 9.84. The van der Waals surface area contributed by atoms with Gasteiger partial charge in [-0.15, -0.1) is 0 Å². The Morgan fingerprint density at radius 1 is 0.776 bits per heavy atom. The Kier molecular flexibility index (Phi) is 12.2. The van der Waals surface area contributed by atoms with Gasteiger partial charge in [-0.2, -0.15) is 0 Å². The molecular formula is C38H55N7O4. The van der Waals surface area contributed by atoms with Crippen molar-refractivity contribution in [1.29, 1.82) is 0 Å². The van der Waals surface area contributed by atoms with Crippen LogP contribution in [0.2, 0.25) is 0 Å². The molecule has 6 rings (SSSR count). The third-order valence-corrected chi connectivity index (χ3v) is 10.8. The van der Waals surface area contributed by atoms with Crippen molar-refractivity contribution in [2.24, 2.45) is 5.41 Å². The van der Waals surface area contributed by atoms with Crippen molar-refractivity contribution in [3.05, 3.63) is 71.8 Å². The van der Waals surface area contributed by atoms with E-state index in [1.54, 1.807) is 26.2 Å². The summed E-state index contributed by atoms with van der Waals surface area (Å²) >= 11 is 0. The lowest BCUT2D eigenvalue weighted by Crippen LogP contribution is -2.46. The van der Waals surface area contributed by atoms with Crippen LogP contribution in [0.5, 0.6) is 0 Å². The molecule has 4 heterocycles. The highest BCUT2D eigenvalue weighted by Crippen LogP contribution is 2.42. The summed E-state index contributed by atoms with van der Waals surface area (Å²) in [6.07, 6.45) is 18.2. The monoisotopic (exact) mass is 673 g/mol. The second kappa shape index (κ2) is 16.9. The van der Waals surface area contributed by atoms with Crippen molar-refractivity contribution in [2.75, 3.05) is 39.4 Å². The molecule has 0 N–H and O–H groups in total. The zero-order valence-electron chi connectivity index (χ0n) is 29.6. The van der Waals surface area contributed by atoms with E-state index in [1.165, 1.54) is 88.7 Å². The second-order valence-electron chi connectivity index (χ2n) is 14.3. The molecule has 2 saturated heterocycles. The Morgan fingerprint density at radius 2 is 1.33 bits per heavy atom. The van der Waals surface area contributed by atoms with Gasteiger partial charge in [-0.25, -0.2) is 9.97 Å². The van der Waals surface area contributed by atoms with Crippen molar-refractivity contribution >= 4 is 11.9 Å². The smallest absolute Gasteiger partial charge is 0.325 e. The van der Waals surface area contributed by atoms with Gasteiger partial charge in [0, 0.05) is 50.5 Å². The standard InChI is InChI=1S/C38H55N7O4/c1-3-48-36(46)28-44-22-17-39-34(44)26-42(27-35-40-18-23-45(35)29-37(47)49-4-2)25-32-12-10-31(11-13-32)24-41-19-14-38(30-41)15-20-43(21-16-38)33-8-6-5-7-9-33/h10-13,17-18,22-23,33H,3-9,14-16,19-21,24-30H2,1-2H3. The predicted molar refractivity (Wildman–Crippen MR) is 187 cm³/mol. The number of carbonyl (C=O) groups is 2. The van der Waals surface area contributed by atoms with Crippen molar-refractivity contribution in [3.63, 3.8) is 0 Å². The van der Waals surface area contributed by atoms with Gasteiger partial charge in [0.25, 0.3) is 0 Å². The molecule has 0 amide bonds. The van der Waals surface area contributed by atoms with Crippen LogP contribution in [0.4, 0.5) is 0 Å². The maximum absolute atomic E-state index is 12.3. The number of rotatable bonds is 15. The van der Waals surface area contributed by atoms with Crippen molar-refractivity contribution < 1.29 is 19.1 Å². The minimum absolute atomic E-state index is 0.111. The van der Waals surface area contributed by atoms with Gasteiger partial charge in [0.1, 0.15) is 24.7 Å². The fraction of sp³-hybridized carbons (Fsp3) is 0.632. The number of imidazole rings is 2. The van der Waals surface area contributed by atoms with E-state index in [9.17, 15) is 9.59 Å². The largest absolute Gasteiger partial charge is 0.465 e. The first kappa shape index (κ1) is 35.3. The van der Waals surface area contributed by atoms with Gasteiger partial charge in [-0.3, -0.25) is 19.4 Å². The lowest BCUT2D eigenvalue weighted by molar-refractivity contribution is -0.144. The number of carbonyl (C=O) groups excluding carboxylic acids is 2. The van der Waals surface area contributed by atoms with Gasteiger partial charge in [-0.1, -0.05) is 43.5 Å². The number of hydrogen-bond donors (Lipinski definition) is 0. The molecule has 0 atom stereocenters. The van der Waals surface area contributed by atoms with Gasteiger partial charge in [0.15, 0.2) is 0 Å². The topological polar surface area (TPSA) is 98.0 Å². The summed E-state index contributed by atoms with van der Waals surface area (Å²) in [4.78, 5) is 41.4. The normalized spacial score (nSPS) is 18.8. The van der Waals surface area contributed by atoms with Gasteiger partial charge in [0.05, 0.1) is 26.3 Å². The molecule has 11 nitrogen and oxygen atoms in total. The summed E-state index contributed by atoms with van der Waals surface area (Å²) in [7, 11) is 0. The average molecular weight is 674 g/mol. The Balaban J connectivity index is 1.08. The summed E-state index contributed by atoms with van der Waals surface area (Å²) in [5.41, 5.74) is 3.04. The number of nitrogens with zero attached hydrogens (tertiary/aromatic N) is 7. The molecule has 0 unspecified atom stereocenters. The molecule has 3 aliphatic rings. The summed E-state index contributed by atoms with van der Waals surface area (Å²) in [5.74, 6) is 0.951. The SMILES string of the molecule is CCOC(=O)Cn1ccnc1CN(Cc1ccc(CN2CCC3(CCN(C4CCCCC4)CC3)C2)cc1)Cc1nccn1CC(=O)OCC. The zero-order valence-corrected chi connectivity index (χ0v) is 29.6. The molecule has 0 radical (unpaired) electrons. The fourth-order valence-corrected chi connectivity index (χ4v) is 8.18. The van der Waals surface area contributed by atoms with Gasteiger partial charge in [0.2, 0.25) is 0 Å². The van der Waals surface area contributed by atoms with E-state index in [0.717, 1.165) is 24.2 Å². The Labute approximate surface area is 291 Å². The first-order valence-corrected chi connectivity index (χ1v) is 18.5. The Hall–Kier alpha value is -3.54. The van der Waals surface area contributed by atoms with E-state index in [0.29, 0.717) is 38.3 Å². The lowest BCUT2D eigenvalue weighted by atomic mass is 9.77. The molecule has 2 aliphatic heterocycles. The Bertz CT molecular complexity index is 1430. The van der Waals surface area contributed by atoms with Crippen molar-refractivity contribution in [3.8, 4) is 0 Å². The Morgan fingerprint density at radius 3 is 1.90 bits per heavy atom. The number of likely N-dealkylation sites (tertiary alicyclic amines) is 2. The maximum atomic E-state index is 12.3. The van der Waals surface area contributed by atoms with E-state index >= 15 is 0 Å². The number of piperidine rings is 1. The van der Waals surface area contributed by atoms with Gasteiger partial charge < -0.3 is 23.5 Å². The molecule has 1 saturated carbocycles. The molecule has 49 heavy (non-hydrogen) atoms. The molecule has 1 spiro atoms. The molecular weight excluding hydrogens is 618 g/mol. The van der Waals surface area contributed by atoms with Gasteiger partial charge in [-0.05, 0) is 82.1 Å². The lowest BCUT2D eigenvalue weighted by Gasteiger charge is -2.43. The average Bonchev–Trinajstić information content (AvgIpc) is 3.84. The van der Waals surface area contributed by atoms with E-state index in [-0.39, 0.29) is 25.0 Å². The van der Waals surface area contributed by atoms with Crippen LogP contribution in [0.25, 0.3) is 0 Å². The summed E-state index contributed by atoms with van der Waals surface area (Å²) in [5, 5.41) is 0. The van der Waals surface area contributed by atoms with Crippen molar-refractivity contribution in [1.82, 2.24) is 33.8 Å². The van der Waals surface area contributed by atoms with E-state index in [4.69, 9.17) is 9.47 Å². The highest BCUT2D eigenvalue weighted by atomic mass is 16.5. The van der Waals surface area contributed by atoms with Crippen LogP contribution in [0.3, 0.4) is 0 Å². The molecule has 11 heteroatoms. The van der Waals surface area contributed by atoms with Crippen LogP contribution in [-0.2, 0) is 58.3 Å². The first-order chi connectivity index (χ1) is 23.9. The maximum Gasteiger partial charge on any atom is 0.325 e. The highest BCUT2D eigenvalue weighted by molar-refractivity contribution is 5.69. The number of esters is 2. The molecule has 3 aromatic rings. The van der Waals surface area contributed by atoms with Crippen LogP contribution < -0.4 is 0 Å². The fourth-order valence-electron chi connectivity index (χ4n) is 8.18. The molecule has 1 aromatic carbocycles. The van der Waals surface area contributed by atoms with Crippen LogP contribution >= 0.6 is 0 Å². The van der Waals surface area contributed by atoms with Crippen molar-refractivity contribution in [2.45, 2.75) is 111 Å². The number of ether oxygens (including phenoxy) is 2. The van der Waals surface area contributed by atoms with Crippen LogP contribution in [0.1, 0.15) is 88.0 Å². The number of aromatic nitrogens is 4. The van der Waals surface area contributed by atoms with Crippen LogP contribution in [0, 0.1) is 5.41 Å². The molecule has 1 aliphatic carbocycles. The van der Waals surface area contributed by atoms with Crippen LogP contribution in [-0.4, -0.2) is 91.2 Å². The number of benzene rings is 1. The zero-order chi connectivity index (χ0) is 34.1. The minimum Gasteiger partial charge on any atom is -0.465 e. The predicted octanol–water partition coefficient (Wildman–Crippen LogP) is 5.03. The third kappa shape index (κ3) is 9.58.